The molecule has 0 aromatic carbocycles. The van der Waals surface area contributed by atoms with Crippen molar-refractivity contribution in [3.63, 3.8) is 0 Å². The molecule has 1 aliphatic heterocycles. The number of hydrogen-bond acceptors (Lipinski definition) is 5. The Morgan fingerprint density at radius 3 is 2.09 bits per heavy atom. The van der Waals surface area contributed by atoms with Crippen molar-refractivity contribution < 1.29 is 13.1 Å². The smallest absolute Gasteiger partial charge is 0.329 e. The van der Waals surface area contributed by atoms with E-state index in [9.17, 15) is 13.8 Å². The van der Waals surface area contributed by atoms with Gasteiger partial charge in [0.1, 0.15) is 5.37 Å². The second-order valence-electron chi connectivity index (χ2n) is 12.2. The summed E-state index contributed by atoms with van der Waals surface area (Å²) >= 11 is 0. The Bertz CT molecular complexity index is 988. The molecule has 7 nitrogen and oxygen atoms in total. The quantitative estimate of drug-likeness (QED) is 0.538. The van der Waals surface area contributed by atoms with Crippen molar-refractivity contribution in [2.75, 3.05) is 6.61 Å². The van der Waals surface area contributed by atoms with Crippen LogP contribution in [0.1, 0.15) is 65.8 Å². The Kier molecular flexibility index (Phi) is 8.33. The molecule has 0 bridgehead atoms. The van der Waals surface area contributed by atoms with Gasteiger partial charge in [0.15, 0.2) is 16.6 Å². The summed E-state index contributed by atoms with van der Waals surface area (Å²) in [6.07, 6.45) is 2.26. The van der Waals surface area contributed by atoms with Gasteiger partial charge < -0.3 is 8.85 Å². The first kappa shape index (κ1) is 28.4. The molecule has 1 aromatic rings. The van der Waals surface area contributed by atoms with Gasteiger partial charge in [-0.05, 0) is 42.7 Å². The fourth-order valence-electron chi connectivity index (χ4n) is 3.38. The fourth-order valence-corrected chi connectivity index (χ4v) is 7.83. The van der Waals surface area contributed by atoms with Crippen molar-refractivity contribution in [3.8, 4) is 0 Å². The van der Waals surface area contributed by atoms with E-state index in [1.54, 1.807) is 6.20 Å². The first-order valence-corrected chi connectivity index (χ1v) is 19.0. The summed E-state index contributed by atoms with van der Waals surface area (Å²) < 4.78 is 28.5. The summed E-state index contributed by atoms with van der Waals surface area (Å²) in [7, 11) is -5.60. The topological polar surface area (TPSA) is 90.4 Å². The number of hydrogen-bond donors (Lipinski definition) is 1. The zero-order chi connectivity index (χ0) is 25.6. The molecule has 1 aliphatic rings. The summed E-state index contributed by atoms with van der Waals surface area (Å²) in [4.78, 5) is 27.1. The van der Waals surface area contributed by atoms with Crippen LogP contribution in [0.25, 0.3) is 0 Å². The minimum Gasteiger partial charge on any atom is -0.416 e. The molecular weight excluding hydrogens is 473 g/mol. The molecule has 0 saturated carbocycles. The highest BCUT2D eigenvalue weighted by Gasteiger charge is 2.49. The molecule has 2 rings (SSSR count). The highest BCUT2D eigenvalue weighted by Crippen LogP contribution is 2.43. The summed E-state index contributed by atoms with van der Waals surface area (Å²) in [5.74, 6) is 0. The average molecular weight is 517 g/mol. The van der Waals surface area contributed by atoms with Gasteiger partial charge in [-0.25, -0.2) is 4.79 Å². The molecule has 0 radical (unpaired) electrons. The lowest BCUT2D eigenvalue weighted by molar-refractivity contribution is 0.145. The van der Waals surface area contributed by atoms with E-state index in [4.69, 9.17) is 8.85 Å². The lowest BCUT2D eigenvalue weighted by atomic mass is 10.2. The summed E-state index contributed by atoms with van der Waals surface area (Å²) in [5.41, 5.74) is -0.392. The van der Waals surface area contributed by atoms with Gasteiger partial charge in [-0.3, -0.25) is 18.6 Å². The molecule has 4 atom stereocenters. The molecule has 0 amide bonds. The van der Waals surface area contributed by atoms with Crippen molar-refractivity contribution >= 4 is 27.4 Å². The number of nitrogens with one attached hydrogen (secondary N) is 1. The third kappa shape index (κ3) is 6.06. The number of aromatic nitrogens is 2. The monoisotopic (exact) mass is 516 g/mol. The molecule has 1 N–H and O–H groups in total. The van der Waals surface area contributed by atoms with Crippen molar-refractivity contribution in [2.24, 2.45) is 0 Å². The molecule has 1 saturated heterocycles. The normalized spacial score (nSPS) is 24.9. The van der Waals surface area contributed by atoms with E-state index in [0.717, 1.165) is 0 Å². The third-order valence-corrected chi connectivity index (χ3v) is 18.8. The molecule has 1 aromatic heterocycles. The lowest BCUT2D eigenvalue weighted by Gasteiger charge is -2.40. The van der Waals surface area contributed by atoms with Crippen LogP contribution in [0.3, 0.4) is 0 Å². The van der Waals surface area contributed by atoms with Crippen LogP contribution in [0.2, 0.25) is 36.3 Å². The van der Waals surface area contributed by atoms with Crippen LogP contribution in [-0.4, -0.2) is 48.4 Å². The predicted molar refractivity (Wildman–Crippen MR) is 142 cm³/mol. The van der Waals surface area contributed by atoms with Crippen LogP contribution in [0.5, 0.6) is 0 Å². The maximum Gasteiger partial charge on any atom is 0.329 e. The van der Waals surface area contributed by atoms with E-state index in [0.29, 0.717) is 25.0 Å². The van der Waals surface area contributed by atoms with Gasteiger partial charge in [-0.1, -0.05) is 48.5 Å². The van der Waals surface area contributed by atoms with Gasteiger partial charge in [0.05, 0.1) is 28.8 Å². The molecule has 190 valence electrons. The van der Waals surface area contributed by atoms with Crippen LogP contribution in [-0.2, 0) is 26.1 Å². The number of aryl methyl sites for hydroxylation is 1. The van der Waals surface area contributed by atoms with Crippen molar-refractivity contribution in [1.82, 2.24) is 9.55 Å². The highest BCUT2D eigenvalue weighted by atomic mass is 32.2. The molecule has 2 heterocycles. The zero-order valence-corrected chi connectivity index (χ0v) is 25.1. The van der Waals surface area contributed by atoms with Gasteiger partial charge in [-0.2, -0.15) is 0 Å². The van der Waals surface area contributed by atoms with Gasteiger partial charge in [-0.15, -0.1) is 0 Å². The standard InChI is InChI=1S/C23H44N2O5SSi2/c1-12-16-14-25(21(27)24-20(16)26)19-13-17(30-33(10,11)23(5,6)7)18(31(19)28)15-29-32(8,9)22(2,3)4/h14,17-19H,12-13,15H2,1-11H3,(H,24,26,27)/t17-,18+,19+,31+/m0/s1. The molecular formula is C23H44N2O5SSi2. The van der Waals surface area contributed by atoms with Gasteiger partial charge >= 0.3 is 5.69 Å². The Balaban J connectivity index is 2.45. The van der Waals surface area contributed by atoms with E-state index in [2.05, 4.69) is 72.7 Å². The molecule has 0 unspecified atom stereocenters. The molecule has 0 aliphatic carbocycles. The SMILES string of the molecule is CCc1cn([C@H]2C[C@H](O[Si](C)(C)C(C)(C)C)[C@@H](CO[Si](C)(C)C(C)(C)C)[S@]2=O)c(=O)[nH]c1=O. The molecule has 10 heteroatoms. The number of rotatable bonds is 7. The van der Waals surface area contributed by atoms with Crippen molar-refractivity contribution in [1.29, 1.82) is 0 Å². The average Bonchev–Trinajstić information content (AvgIpc) is 2.93. The van der Waals surface area contributed by atoms with E-state index in [-0.39, 0.29) is 27.0 Å². The molecule has 1 fully saturated rings. The van der Waals surface area contributed by atoms with Crippen molar-refractivity contribution in [2.45, 2.75) is 114 Å². The Morgan fingerprint density at radius 1 is 1.06 bits per heavy atom. The predicted octanol–water partition coefficient (Wildman–Crippen LogP) is 4.53. The van der Waals surface area contributed by atoms with Crippen LogP contribution < -0.4 is 11.2 Å². The van der Waals surface area contributed by atoms with Crippen LogP contribution >= 0.6 is 0 Å². The van der Waals surface area contributed by atoms with Crippen LogP contribution in [0, 0.1) is 0 Å². The fraction of sp³-hybridized carbons (Fsp3) is 0.826. The number of nitrogens with zero attached hydrogens (tertiary/aromatic N) is 1. The first-order chi connectivity index (χ1) is 14.8. The number of aromatic amines is 1. The van der Waals surface area contributed by atoms with Crippen molar-refractivity contribution in [3.05, 3.63) is 32.6 Å². The maximum absolute atomic E-state index is 13.8. The second-order valence-corrected chi connectivity index (χ2v) is 23.6. The zero-order valence-electron chi connectivity index (χ0n) is 22.3. The largest absolute Gasteiger partial charge is 0.416 e. The minimum atomic E-state index is -2.15. The Hall–Kier alpha value is -0.816. The third-order valence-electron chi connectivity index (χ3n) is 7.81. The van der Waals surface area contributed by atoms with Crippen LogP contribution in [0.4, 0.5) is 0 Å². The van der Waals surface area contributed by atoms with Gasteiger partial charge in [0.25, 0.3) is 5.56 Å². The van der Waals surface area contributed by atoms with Crippen LogP contribution in [0.15, 0.2) is 15.8 Å². The summed E-state index contributed by atoms with van der Waals surface area (Å²) in [5, 5.41) is -0.847. The van der Waals surface area contributed by atoms with Gasteiger partial charge in [0, 0.05) is 18.2 Å². The van der Waals surface area contributed by atoms with Gasteiger partial charge in [0.2, 0.25) is 0 Å². The molecule has 0 spiro atoms. The molecule has 33 heavy (non-hydrogen) atoms. The number of H-pyrrole nitrogens is 1. The Labute approximate surface area is 203 Å². The highest BCUT2D eigenvalue weighted by molar-refractivity contribution is 7.86. The first-order valence-electron chi connectivity index (χ1n) is 11.9. The summed E-state index contributed by atoms with van der Waals surface area (Å²) in [6.45, 7) is 24.1. The van der Waals surface area contributed by atoms with E-state index in [1.165, 1.54) is 4.57 Å². The van der Waals surface area contributed by atoms with E-state index in [1.807, 2.05) is 6.92 Å². The minimum absolute atomic E-state index is 0.00160. The lowest BCUT2D eigenvalue weighted by Crippen LogP contribution is -2.48. The van der Waals surface area contributed by atoms with E-state index < -0.39 is 38.5 Å². The second kappa shape index (κ2) is 9.68. The Morgan fingerprint density at radius 2 is 1.61 bits per heavy atom. The maximum atomic E-state index is 13.8. The van der Waals surface area contributed by atoms with E-state index >= 15 is 0 Å². The summed E-state index contributed by atoms with van der Waals surface area (Å²) in [6, 6.07) is 0.